The minimum absolute atomic E-state index is 0. The summed E-state index contributed by atoms with van der Waals surface area (Å²) in [5.41, 5.74) is 4.26. The lowest BCUT2D eigenvalue weighted by molar-refractivity contribution is -0.159. The zero-order chi connectivity index (χ0) is 21.8. The fraction of sp³-hybridized carbons (Fsp3) is 0.520. The van der Waals surface area contributed by atoms with E-state index in [4.69, 9.17) is 9.47 Å². The number of ether oxygens (including phenoxy) is 2. The van der Waals surface area contributed by atoms with Crippen LogP contribution in [-0.4, -0.2) is 55.7 Å². The largest absolute Gasteiger partial charge is 0.492 e. The molecule has 0 radical (unpaired) electrons. The van der Waals surface area contributed by atoms with Gasteiger partial charge in [-0.05, 0) is 75.5 Å². The van der Waals surface area contributed by atoms with Gasteiger partial charge in [-0.15, -0.1) is 24.8 Å². The van der Waals surface area contributed by atoms with Gasteiger partial charge in [0.05, 0.1) is 6.61 Å². The molecule has 2 aromatic rings. The highest BCUT2D eigenvalue weighted by atomic mass is 35.5. The summed E-state index contributed by atoms with van der Waals surface area (Å²) in [5, 5.41) is 0. The average molecular weight is 496 g/mol. The number of nitrogens with zero attached hydrogens (tertiary/aromatic N) is 3. The summed E-state index contributed by atoms with van der Waals surface area (Å²) in [7, 11) is 2.14. The third-order valence-electron chi connectivity index (χ3n) is 6.57. The molecule has 4 rings (SSSR count). The molecular weight excluding hydrogens is 461 g/mol. The number of likely N-dealkylation sites (N-methyl/N-ethyl adjacent to an activating group) is 1. The van der Waals surface area contributed by atoms with Crippen LogP contribution in [0.25, 0.3) is 0 Å². The number of aryl methyl sites for hydroxylation is 1. The van der Waals surface area contributed by atoms with Gasteiger partial charge in [-0.3, -0.25) is 9.78 Å². The zero-order valence-electron chi connectivity index (χ0n) is 19.7. The number of pyridine rings is 1. The van der Waals surface area contributed by atoms with Gasteiger partial charge >= 0.3 is 5.97 Å². The molecule has 1 aromatic heterocycles. The van der Waals surface area contributed by atoms with Gasteiger partial charge in [0, 0.05) is 43.8 Å². The van der Waals surface area contributed by atoms with Gasteiger partial charge in [0.15, 0.2) is 0 Å². The molecule has 0 amide bonds. The van der Waals surface area contributed by atoms with Crippen molar-refractivity contribution in [3.8, 4) is 5.75 Å². The lowest BCUT2D eigenvalue weighted by Crippen LogP contribution is -2.48. The molecule has 1 aromatic carbocycles. The topological polar surface area (TPSA) is 54.9 Å². The molecule has 8 heteroatoms. The van der Waals surface area contributed by atoms with E-state index < -0.39 is 5.41 Å². The minimum Gasteiger partial charge on any atom is -0.492 e. The molecule has 0 atom stereocenters. The number of carbonyl (C=O) groups is 1. The van der Waals surface area contributed by atoms with Crippen molar-refractivity contribution in [2.24, 2.45) is 5.41 Å². The number of rotatable bonds is 6. The molecular formula is C25H35Cl2N3O3. The first kappa shape index (κ1) is 27.2. The number of piperidine rings is 1. The third-order valence-corrected chi connectivity index (χ3v) is 6.57. The number of hydrogen-bond acceptors (Lipinski definition) is 6. The Morgan fingerprint density at radius 1 is 1.09 bits per heavy atom. The van der Waals surface area contributed by atoms with Crippen LogP contribution in [0.1, 0.15) is 36.6 Å². The van der Waals surface area contributed by atoms with Crippen molar-refractivity contribution in [3.63, 3.8) is 0 Å². The smallest absolute Gasteiger partial charge is 0.315 e. The first-order valence-corrected chi connectivity index (χ1v) is 11.3. The SMILES string of the molecule is CCOC(=O)C1(COc2ccc3c(c2)CN(C)CC3)CCN(c2ccnc(C)c2)CC1.Cl.Cl. The Balaban J connectivity index is 0.00000193. The second-order valence-corrected chi connectivity index (χ2v) is 8.85. The van der Waals surface area contributed by atoms with Crippen LogP contribution in [0.3, 0.4) is 0 Å². The van der Waals surface area contributed by atoms with Crippen LogP contribution >= 0.6 is 24.8 Å². The Morgan fingerprint density at radius 3 is 2.55 bits per heavy atom. The van der Waals surface area contributed by atoms with Crippen molar-refractivity contribution in [1.29, 1.82) is 0 Å². The molecule has 2 aliphatic heterocycles. The van der Waals surface area contributed by atoms with E-state index in [9.17, 15) is 4.79 Å². The molecule has 0 spiro atoms. The van der Waals surface area contributed by atoms with Crippen molar-refractivity contribution in [2.45, 2.75) is 39.7 Å². The summed E-state index contributed by atoms with van der Waals surface area (Å²) in [6, 6.07) is 10.5. The van der Waals surface area contributed by atoms with Gasteiger partial charge in [-0.2, -0.15) is 0 Å². The molecule has 0 saturated carbocycles. The highest BCUT2D eigenvalue weighted by Gasteiger charge is 2.44. The molecule has 1 fully saturated rings. The number of anilines is 1. The van der Waals surface area contributed by atoms with Crippen molar-refractivity contribution in [2.75, 3.05) is 44.8 Å². The number of carbonyl (C=O) groups excluding carboxylic acids is 1. The first-order valence-electron chi connectivity index (χ1n) is 11.3. The van der Waals surface area contributed by atoms with E-state index in [1.165, 1.54) is 11.1 Å². The van der Waals surface area contributed by atoms with Crippen LogP contribution in [0.15, 0.2) is 36.5 Å². The monoisotopic (exact) mass is 495 g/mol. The van der Waals surface area contributed by atoms with Gasteiger partial charge in [-0.1, -0.05) is 6.07 Å². The number of benzene rings is 1. The van der Waals surface area contributed by atoms with E-state index in [-0.39, 0.29) is 30.8 Å². The molecule has 0 aliphatic carbocycles. The van der Waals surface area contributed by atoms with Crippen LogP contribution in [0.4, 0.5) is 5.69 Å². The van der Waals surface area contributed by atoms with Gasteiger partial charge < -0.3 is 19.3 Å². The lowest BCUT2D eigenvalue weighted by Gasteiger charge is -2.40. The van der Waals surface area contributed by atoms with E-state index in [0.717, 1.165) is 49.7 Å². The van der Waals surface area contributed by atoms with Gasteiger partial charge in [0.1, 0.15) is 17.8 Å². The van der Waals surface area contributed by atoms with Gasteiger partial charge in [-0.25, -0.2) is 0 Å². The molecule has 0 N–H and O–H groups in total. The van der Waals surface area contributed by atoms with Crippen molar-refractivity contribution in [1.82, 2.24) is 9.88 Å². The zero-order valence-corrected chi connectivity index (χ0v) is 21.3. The maximum atomic E-state index is 13.0. The normalized spacial score (nSPS) is 17.2. The van der Waals surface area contributed by atoms with E-state index in [1.807, 2.05) is 32.2 Å². The van der Waals surface area contributed by atoms with Crippen LogP contribution in [0, 0.1) is 12.3 Å². The second kappa shape index (κ2) is 11.9. The molecule has 1 saturated heterocycles. The Labute approximate surface area is 209 Å². The quantitative estimate of drug-likeness (QED) is 0.551. The van der Waals surface area contributed by atoms with Gasteiger partial charge in [0.2, 0.25) is 0 Å². The van der Waals surface area contributed by atoms with E-state index in [0.29, 0.717) is 26.1 Å². The maximum absolute atomic E-state index is 13.0. The number of esters is 1. The first-order chi connectivity index (χ1) is 15.0. The Bertz CT molecular complexity index is 933. The summed E-state index contributed by atoms with van der Waals surface area (Å²) in [5.74, 6) is 0.697. The molecule has 2 aliphatic rings. The Morgan fingerprint density at radius 2 is 1.85 bits per heavy atom. The van der Waals surface area contributed by atoms with Crippen LogP contribution in [-0.2, 0) is 22.5 Å². The van der Waals surface area contributed by atoms with Crippen molar-refractivity contribution >= 4 is 36.5 Å². The summed E-state index contributed by atoms with van der Waals surface area (Å²) >= 11 is 0. The number of fused-ring (bicyclic) bond motifs is 1. The van der Waals surface area contributed by atoms with Crippen molar-refractivity contribution in [3.05, 3.63) is 53.3 Å². The fourth-order valence-electron chi connectivity index (χ4n) is 4.60. The Kier molecular flexibility index (Phi) is 9.83. The minimum atomic E-state index is -0.610. The fourth-order valence-corrected chi connectivity index (χ4v) is 4.60. The lowest BCUT2D eigenvalue weighted by atomic mass is 9.79. The van der Waals surface area contributed by atoms with Crippen LogP contribution in [0.5, 0.6) is 5.75 Å². The maximum Gasteiger partial charge on any atom is 0.315 e. The summed E-state index contributed by atoms with van der Waals surface area (Å²) < 4.78 is 11.7. The van der Waals surface area contributed by atoms with E-state index in [1.54, 1.807) is 0 Å². The van der Waals surface area contributed by atoms with E-state index >= 15 is 0 Å². The highest BCUT2D eigenvalue weighted by molar-refractivity contribution is 5.85. The standard InChI is InChI=1S/C25H33N3O3.2ClH/c1-4-30-24(29)25(9-13-28(14-10-25)22-7-11-26-19(2)15-22)18-31-23-6-5-20-8-12-27(3)17-21(20)16-23;;/h5-7,11,15-16H,4,8-10,12-14,17-18H2,1-3H3;2*1H. The van der Waals surface area contributed by atoms with Crippen LogP contribution in [0.2, 0.25) is 0 Å². The summed E-state index contributed by atoms with van der Waals surface area (Å²) in [4.78, 5) is 21.9. The predicted octanol–water partition coefficient (Wildman–Crippen LogP) is 4.45. The van der Waals surface area contributed by atoms with Crippen LogP contribution < -0.4 is 9.64 Å². The molecule has 6 nitrogen and oxygen atoms in total. The number of hydrogen-bond donors (Lipinski definition) is 0. The second-order valence-electron chi connectivity index (χ2n) is 8.85. The molecule has 0 bridgehead atoms. The summed E-state index contributed by atoms with van der Waals surface area (Å²) in [6.45, 7) is 8.22. The Hall–Kier alpha value is -2.02. The van der Waals surface area contributed by atoms with Crippen molar-refractivity contribution < 1.29 is 14.3 Å². The van der Waals surface area contributed by atoms with Gasteiger partial charge in [0.25, 0.3) is 0 Å². The molecule has 33 heavy (non-hydrogen) atoms. The number of aromatic nitrogens is 1. The van der Waals surface area contributed by atoms with E-state index in [2.05, 4.69) is 40.0 Å². The predicted molar refractivity (Wildman–Crippen MR) is 136 cm³/mol. The molecule has 3 heterocycles. The highest BCUT2D eigenvalue weighted by Crippen LogP contribution is 2.36. The summed E-state index contributed by atoms with van der Waals surface area (Å²) in [6.07, 6.45) is 4.33. The third kappa shape index (κ3) is 6.31. The molecule has 0 unspecified atom stereocenters. The molecule has 182 valence electrons. The average Bonchev–Trinajstić information content (AvgIpc) is 2.78. The number of halogens is 2.